The summed E-state index contributed by atoms with van der Waals surface area (Å²) < 4.78 is 0. The van der Waals surface area contributed by atoms with Gasteiger partial charge >= 0.3 is 0 Å². The van der Waals surface area contributed by atoms with Crippen LogP contribution in [0.15, 0.2) is 24.4 Å². The minimum absolute atomic E-state index is 0.480. The Hall–Kier alpha value is -1.32. The monoisotopic (exact) mass is 240 g/mol. The number of aromatic nitrogens is 2. The van der Waals surface area contributed by atoms with Crippen molar-refractivity contribution in [3.63, 3.8) is 0 Å². The van der Waals surface area contributed by atoms with E-state index in [1.54, 1.807) is 18.2 Å². The van der Waals surface area contributed by atoms with E-state index in [2.05, 4.69) is 10.2 Å². The summed E-state index contributed by atoms with van der Waals surface area (Å²) in [6.45, 7) is 0. The minimum Gasteiger partial charge on any atom is -0.298 e. The normalized spacial score (nSPS) is 10.3. The average molecular weight is 241 g/mol. The number of aldehydes is 1. The molecule has 0 atom stereocenters. The molecule has 5 heteroatoms. The quantitative estimate of drug-likeness (QED) is 0.820. The van der Waals surface area contributed by atoms with Crippen molar-refractivity contribution in [2.45, 2.75) is 0 Å². The standard InChI is InChI=1S/C10H6Cl2N2O/c11-8-1-6(2-9(12)3-8)10-7(5-15)4-13-14-10/h1-5H,(H,13,14). The molecule has 0 unspecified atom stereocenters. The maximum atomic E-state index is 10.7. The fourth-order valence-electron chi connectivity index (χ4n) is 1.31. The summed E-state index contributed by atoms with van der Waals surface area (Å²) in [7, 11) is 0. The summed E-state index contributed by atoms with van der Waals surface area (Å²) in [5, 5.41) is 7.55. The fourth-order valence-corrected chi connectivity index (χ4v) is 1.84. The van der Waals surface area contributed by atoms with Crippen LogP contribution in [0.3, 0.4) is 0 Å². The molecule has 2 rings (SSSR count). The van der Waals surface area contributed by atoms with Crippen molar-refractivity contribution in [2.75, 3.05) is 0 Å². The molecule has 2 aromatic rings. The second kappa shape index (κ2) is 4.04. The first-order chi connectivity index (χ1) is 7.20. The SMILES string of the molecule is O=Cc1cn[nH]c1-c1cc(Cl)cc(Cl)c1. The third-order valence-electron chi connectivity index (χ3n) is 1.95. The van der Waals surface area contributed by atoms with Crippen LogP contribution < -0.4 is 0 Å². The van der Waals surface area contributed by atoms with Gasteiger partial charge in [0, 0.05) is 15.6 Å². The lowest BCUT2D eigenvalue weighted by Crippen LogP contribution is -1.84. The molecule has 0 radical (unpaired) electrons. The van der Waals surface area contributed by atoms with Gasteiger partial charge in [-0.1, -0.05) is 23.2 Å². The van der Waals surface area contributed by atoms with Gasteiger partial charge in [0.05, 0.1) is 17.5 Å². The number of H-pyrrole nitrogens is 1. The van der Waals surface area contributed by atoms with Crippen LogP contribution in [0.2, 0.25) is 10.0 Å². The van der Waals surface area contributed by atoms with Crippen molar-refractivity contribution in [3.05, 3.63) is 40.0 Å². The highest BCUT2D eigenvalue weighted by molar-refractivity contribution is 6.35. The van der Waals surface area contributed by atoms with Crippen LogP contribution in [0.25, 0.3) is 11.3 Å². The molecule has 0 amide bonds. The van der Waals surface area contributed by atoms with Gasteiger partial charge in [-0.2, -0.15) is 5.10 Å². The van der Waals surface area contributed by atoms with Crippen LogP contribution in [-0.2, 0) is 0 Å². The van der Waals surface area contributed by atoms with Crippen LogP contribution >= 0.6 is 23.2 Å². The molecule has 0 bridgehead atoms. The molecule has 1 N–H and O–H groups in total. The molecule has 0 aliphatic heterocycles. The van der Waals surface area contributed by atoms with Crippen molar-refractivity contribution < 1.29 is 4.79 Å². The molecule has 1 heterocycles. The van der Waals surface area contributed by atoms with Crippen LogP contribution in [0, 0.1) is 0 Å². The van der Waals surface area contributed by atoms with Gasteiger partial charge in [-0.25, -0.2) is 0 Å². The summed E-state index contributed by atoms with van der Waals surface area (Å²) in [4.78, 5) is 10.7. The summed E-state index contributed by atoms with van der Waals surface area (Å²) in [6.07, 6.45) is 2.19. The Balaban J connectivity index is 2.58. The fraction of sp³-hybridized carbons (Fsp3) is 0. The minimum atomic E-state index is 0.480. The van der Waals surface area contributed by atoms with Gasteiger partial charge < -0.3 is 0 Å². The second-order valence-corrected chi connectivity index (χ2v) is 3.85. The van der Waals surface area contributed by atoms with E-state index in [0.29, 0.717) is 21.3 Å². The largest absolute Gasteiger partial charge is 0.298 e. The number of nitrogens with one attached hydrogen (secondary N) is 1. The van der Waals surface area contributed by atoms with Gasteiger partial charge in [-0.15, -0.1) is 0 Å². The lowest BCUT2D eigenvalue weighted by molar-refractivity contribution is 0.112. The molecule has 3 nitrogen and oxygen atoms in total. The third-order valence-corrected chi connectivity index (χ3v) is 2.38. The van der Waals surface area contributed by atoms with E-state index in [-0.39, 0.29) is 0 Å². The van der Waals surface area contributed by atoms with Gasteiger partial charge in [0.25, 0.3) is 0 Å². The van der Waals surface area contributed by atoms with Gasteiger partial charge in [-0.3, -0.25) is 9.89 Å². The third kappa shape index (κ3) is 2.03. The highest BCUT2D eigenvalue weighted by Crippen LogP contribution is 2.27. The number of benzene rings is 1. The van der Waals surface area contributed by atoms with Crippen LogP contribution in [0.4, 0.5) is 0 Å². The Bertz CT molecular complexity index is 488. The van der Waals surface area contributed by atoms with E-state index in [9.17, 15) is 4.79 Å². The van der Waals surface area contributed by atoms with E-state index < -0.39 is 0 Å². The Morgan fingerprint density at radius 3 is 2.47 bits per heavy atom. The molecule has 1 aromatic carbocycles. The van der Waals surface area contributed by atoms with E-state index >= 15 is 0 Å². The number of rotatable bonds is 2. The number of hydrogen-bond donors (Lipinski definition) is 1. The molecular weight excluding hydrogens is 235 g/mol. The summed E-state index contributed by atoms with van der Waals surface area (Å²) in [5.74, 6) is 0. The van der Waals surface area contributed by atoms with E-state index in [4.69, 9.17) is 23.2 Å². The van der Waals surface area contributed by atoms with Gasteiger partial charge in [-0.05, 0) is 18.2 Å². The van der Waals surface area contributed by atoms with Crippen LogP contribution in [-0.4, -0.2) is 16.5 Å². The number of carbonyl (C=O) groups is 1. The zero-order valence-corrected chi connectivity index (χ0v) is 9.01. The van der Waals surface area contributed by atoms with E-state index in [1.807, 2.05) is 0 Å². The Morgan fingerprint density at radius 2 is 1.87 bits per heavy atom. The molecule has 15 heavy (non-hydrogen) atoms. The van der Waals surface area contributed by atoms with Crippen molar-refractivity contribution in [1.82, 2.24) is 10.2 Å². The summed E-state index contributed by atoms with van der Waals surface area (Å²) in [6, 6.07) is 5.06. The molecule has 0 saturated heterocycles. The molecule has 0 fully saturated rings. The Morgan fingerprint density at radius 1 is 1.20 bits per heavy atom. The lowest BCUT2D eigenvalue weighted by atomic mass is 10.1. The highest BCUT2D eigenvalue weighted by atomic mass is 35.5. The summed E-state index contributed by atoms with van der Waals surface area (Å²) in [5.41, 5.74) is 1.84. The molecule has 0 saturated carbocycles. The maximum absolute atomic E-state index is 10.7. The zero-order valence-electron chi connectivity index (χ0n) is 7.50. The first-order valence-corrected chi connectivity index (χ1v) is 4.91. The number of carbonyl (C=O) groups excluding carboxylic acids is 1. The zero-order chi connectivity index (χ0) is 10.8. The molecule has 76 valence electrons. The summed E-state index contributed by atoms with van der Waals surface area (Å²) >= 11 is 11.7. The van der Waals surface area contributed by atoms with Gasteiger partial charge in [0.1, 0.15) is 0 Å². The molecule has 1 aromatic heterocycles. The number of hydrogen-bond acceptors (Lipinski definition) is 2. The van der Waals surface area contributed by atoms with E-state index in [1.165, 1.54) is 6.20 Å². The Labute approximate surface area is 96.0 Å². The van der Waals surface area contributed by atoms with Crippen LogP contribution in [0.5, 0.6) is 0 Å². The van der Waals surface area contributed by atoms with Crippen LogP contribution in [0.1, 0.15) is 10.4 Å². The highest BCUT2D eigenvalue weighted by Gasteiger charge is 2.08. The molecule has 0 spiro atoms. The van der Waals surface area contributed by atoms with Crippen molar-refractivity contribution in [2.24, 2.45) is 0 Å². The lowest BCUT2D eigenvalue weighted by Gasteiger charge is -2.01. The van der Waals surface area contributed by atoms with Gasteiger partial charge in [0.15, 0.2) is 6.29 Å². The molecular formula is C10H6Cl2N2O. The molecule has 0 aliphatic carbocycles. The smallest absolute Gasteiger partial charge is 0.153 e. The topological polar surface area (TPSA) is 45.8 Å². The van der Waals surface area contributed by atoms with Gasteiger partial charge in [0.2, 0.25) is 0 Å². The average Bonchev–Trinajstić information content (AvgIpc) is 2.63. The Kier molecular flexibility index (Phi) is 2.75. The predicted molar refractivity (Wildman–Crippen MR) is 59.4 cm³/mol. The molecule has 0 aliphatic rings. The van der Waals surface area contributed by atoms with Crippen molar-refractivity contribution in [3.8, 4) is 11.3 Å². The number of halogens is 2. The van der Waals surface area contributed by atoms with E-state index in [0.717, 1.165) is 11.8 Å². The van der Waals surface area contributed by atoms with Crippen molar-refractivity contribution in [1.29, 1.82) is 0 Å². The predicted octanol–water partition coefficient (Wildman–Crippen LogP) is 3.20. The first kappa shape index (κ1) is 10.2. The maximum Gasteiger partial charge on any atom is 0.153 e. The number of nitrogens with zero attached hydrogens (tertiary/aromatic N) is 1. The second-order valence-electron chi connectivity index (χ2n) is 2.98. The number of aromatic amines is 1. The van der Waals surface area contributed by atoms with Crippen molar-refractivity contribution >= 4 is 29.5 Å². The first-order valence-electron chi connectivity index (χ1n) is 4.15.